The van der Waals surface area contributed by atoms with Crippen molar-refractivity contribution < 1.29 is 4.79 Å². The number of carbonyl (C=O) groups is 1. The Morgan fingerprint density at radius 3 is 3.09 bits per heavy atom. The fraction of sp³-hybridized carbons (Fsp3) is 0.400. The third kappa shape index (κ3) is 3.44. The maximum absolute atomic E-state index is 12.3. The molecule has 7 heteroatoms. The monoisotopic (exact) mass is 336 g/mol. The quantitative estimate of drug-likeness (QED) is 0.805. The van der Waals surface area contributed by atoms with E-state index in [1.165, 1.54) is 17.3 Å². The van der Waals surface area contributed by atoms with Gasteiger partial charge in [0.05, 0.1) is 5.75 Å². The highest BCUT2D eigenvalue weighted by atomic mass is 35.5. The van der Waals surface area contributed by atoms with Gasteiger partial charge in [-0.25, -0.2) is 0 Å². The van der Waals surface area contributed by atoms with E-state index in [2.05, 4.69) is 16.3 Å². The Kier molecular flexibility index (Phi) is 4.69. The molecule has 1 atom stereocenters. The number of halogens is 1. The summed E-state index contributed by atoms with van der Waals surface area (Å²) in [6.45, 7) is 1.56. The molecule has 1 aromatic carbocycles. The number of carbonyl (C=O) groups excluding carboxylic acids is 1. The van der Waals surface area contributed by atoms with Gasteiger partial charge < -0.3 is 9.47 Å². The van der Waals surface area contributed by atoms with Gasteiger partial charge in [0.15, 0.2) is 5.16 Å². The standard InChI is InChI=1S/C15H17ClN4OS/c1-19-10-17-18-15(19)22-9-14(21)20-6-5-12(8-20)11-3-2-4-13(16)7-11/h2-4,7,10,12H,5-6,8-9H2,1H3/t12-/m1/s1. The molecule has 0 unspecified atom stereocenters. The van der Waals surface area contributed by atoms with E-state index in [1.54, 1.807) is 6.33 Å². The Hall–Kier alpha value is -1.53. The number of nitrogens with zero attached hydrogens (tertiary/aromatic N) is 4. The molecular formula is C15H17ClN4OS. The van der Waals surface area contributed by atoms with E-state index >= 15 is 0 Å². The Morgan fingerprint density at radius 1 is 1.50 bits per heavy atom. The lowest BCUT2D eigenvalue weighted by molar-refractivity contribution is -0.127. The summed E-state index contributed by atoms with van der Waals surface area (Å²) in [5.41, 5.74) is 1.21. The maximum Gasteiger partial charge on any atom is 0.233 e. The third-order valence-electron chi connectivity index (χ3n) is 3.86. The summed E-state index contributed by atoms with van der Waals surface area (Å²) in [5.74, 6) is 0.925. The molecule has 2 heterocycles. The van der Waals surface area contributed by atoms with E-state index in [4.69, 9.17) is 11.6 Å². The van der Waals surface area contributed by atoms with E-state index in [-0.39, 0.29) is 5.91 Å². The highest BCUT2D eigenvalue weighted by Gasteiger charge is 2.27. The third-order valence-corrected chi connectivity index (χ3v) is 5.11. The maximum atomic E-state index is 12.3. The van der Waals surface area contributed by atoms with Crippen LogP contribution in [-0.4, -0.2) is 44.4 Å². The van der Waals surface area contributed by atoms with Crippen LogP contribution in [0.15, 0.2) is 35.7 Å². The van der Waals surface area contributed by atoms with Crippen LogP contribution in [0.1, 0.15) is 17.9 Å². The minimum absolute atomic E-state index is 0.150. The molecule has 1 aliphatic rings. The van der Waals surface area contributed by atoms with E-state index in [0.717, 1.165) is 29.7 Å². The van der Waals surface area contributed by atoms with Gasteiger partial charge in [0.1, 0.15) is 6.33 Å². The van der Waals surface area contributed by atoms with Gasteiger partial charge in [0, 0.05) is 31.1 Å². The number of rotatable bonds is 4. The molecule has 22 heavy (non-hydrogen) atoms. The van der Waals surface area contributed by atoms with Crippen molar-refractivity contribution in [3.63, 3.8) is 0 Å². The van der Waals surface area contributed by atoms with Crippen molar-refractivity contribution in [2.24, 2.45) is 7.05 Å². The van der Waals surface area contributed by atoms with Crippen molar-refractivity contribution in [2.45, 2.75) is 17.5 Å². The number of thioether (sulfide) groups is 1. The Bertz CT molecular complexity index is 675. The first kappa shape index (κ1) is 15.4. The number of hydrogen-bond donors (Lipinski definition) is 0. The molecule has 1 aromatic heterocycles. The highest BCUT2D eigenvalue weighted by molar-refractivity contribution is 7.99. The van der Waals surface area contributed by atoms with Gasteiger partial charge in [-0.05, 0) is 24.1 Å². The molecule has 0 spiro atoms. The molecule has 0 bridgehead atoms. The molecule has 2 aromatic rings. The van der Waals surface area contributed by atoms with Gasteiger partial charge in [-0.3, -0.25) is 4.79 Å². The summed E-state index contributed by atoms with van der Waals surface area (Å²) in [7, 11) is 1.87. The molecule has 116 valence electrons. The highest BCUT2D eigenvalue weighted by Crippen LogP contribution is 2.29. The van der Waals surface area contributed by atoms with Crippen LogP contribution in [0.2, 0.25) is 5.02 Å². The predicted molar refractivity (Wildman–Crippen MR) is 87.1 cm³/mol. The van der Waals surface area contributed by atoms with Crippen LogP contribution in [0.3, 0.4) is 0 Å². The van der Waals surface area contributed by atoms with Gasteiger partial charge in [-0.1, -0.05) is 35.5 Å². The second-order valence-corrected chi connectivity index (χ2v) is 6.77. The molecule has 0 radical (unpaired) electrons. The topological polar surface area (TPSA) is 51.0 Å². The fourth-order valence-corrected chi connectivity index (χ4v) is 3.63. The Labute approximate surface area is 138 Å². The first-order valence-electron chi connectivity index (χ1n) is 7.13. The van der Waals surface area contributed by atoms with Crippen molar-refractivity contribution in [1.29, 1.82) is 0 Å². The van der Waals surface area contributed by atoms with Gasteiger partial charge in [-0.2, -0.15) is 0 Å². The first-order valence-corrected chi connectivity index (χ1v) is 8.50. The fourth-order valence-electron chi connectivity index (χ4n) is 2.64. The zero-order valence-electron chi connectivity index (χ0n) is 12.3. The molecule has 0 aliphatic carbocycles. The van der Waals surface area contributed by atoms with Crippen molar-refractivity contribution in [3.8, 4) is 0 Å². The number of aromatic nitrogens is 3. The second-order valence-electron chi connectivity index (χ2n) is 5.39. The zero-order valence-corrected chi connectivity index (χ0v) is 13.8. The average molecular weight is 337 g/mol. The predicted octanol–water partition coefficient (Wildman–Crippen LogP) is 2.58. The summed E-state index contributed by atoms with van der Waals surface area (Å²) in [6.07, 6.45) is 2.62. The van der Waals surface area contributed by atoms with Crippen molar-refractivity contribution in [3.05, 3.63) is 41.2 Å². The van der Waals surface area contributed by atoms with Gasteiger partial charge in [0.2, 0.25) is 5.91 Å². The summed E-state index contributed by atoms with van der Waals surface area (Å²) in [6, 6.07) is 7.92. The van der Waals surface area contributed by atoms with Crippen LogP contribution in [0.5, 0.6) is 0 Å². The molecule has 0 N–H and O–H groups in total. The van der Waals surface area contributed by atoms with E-state index in [0.29, 0.717) is 11.7 Å². The van der Waals surface area contributed by atoms with Crippen LogP contribution in [-0.2, 0) is 11.8 Å². The minimum Gasteiger partial charge on any atom is -0.341 e. The van der Waals surface area contributed by atoms with E-state index in [1.807, 2.05) is 34.7 Å². The van der Waals surface area contributed by atoms with Gasteiger partial charge in [-0.15, -0.1) is 10.2 Å². The molecule has 1 saturated heterocycles. The van der Waals surface area contributed by atoms with Crippen LogP contribution >= 0.6 is 23.4 Å². The lowest BCUT2D eigenvalue weighted by atomic mass is 9.99. The molecule has 0 saturated carbocycles. The van der Waals surface area contributed by atoms with Crippen LogP contribution in [0.4, 0.5) is 0 Å². The van der Waals surface area contributed by atoms with Crippen LogP contribution < -0.4 is 0 Å². The summed E-state index contributed by atoms with van der Waals surface area (Å²) in [5, 5.41) is 9.30. The summed E-state index contributed by atoms with van der Waals surface area (Å²) >= 11 is 7.47. The molecular weight excluding hydrogens is 320 g/mol. The average Bonchev–Trinajstić information content (AvgIpc) is 3.14. The molecule has 1 aliphatic heterocycles. The lowest BCUT2D eigenvalue weighted by Gasteiger charge is -2.16. The lowest BCUT2D eigenvalue weighted by Crippen LogP contribution is -2.30. The number of likely N-dealkylation sites (tertiary alicyclic amines) is 1. The SMILES string of the molecule is Cn1cnnc1SCC(=O)N1CC[C@@H](c2cccc(Cl)c2)C1. The van der Waals surface area contributed by atoms with E-state index < -0.39 is 0 Å². The molecule has 5 nitrogen and oxygen atoms in total. The van der Waals surface area contributed by atoms with Gasteiger partial charge >= 0.3 is 0 Å². The van der Waals surface area contributed by atoms with Crippen LogP contribution in [0.25, 0.3) is 0 Å². The van der Waals surface area contributed by atoms with Crippen molar-refractivity contribution in [2.75, 3.05) is 18.8 Å². The zero-order chi connectivity index (χ0) is 15.5. The van der Waals surface area contributed by atoms with E-state index in [9.17, 15) is 4.79 Å². The molecule has 1 fully saturated rings. The van der Waals surface area contributed by atoms with Gasteiger partial charge in [0.25, 0.3) is 0 Å². The first-order chi connectivity index (χ1) is 10.6. The second kappa shape index (κ2) is 6.71. The number of hydrogen-bond acceptors (Lipinski definition) is 4. The van der Waals surface area contributed by atoms with Crippen LogP contribution in [0, 0.1) is 0 Å². The number of aryl methyl sites for hydroxylation is 1. The molecule has 1 amide bonds. The number of benzene rings is 1. The summed E-state index contributed by atoms with van der Waals surface area (Å²) in [4.78, 5) is 14.2. The Balaban J connectivity index is 1.56. The number of amides is 1. The minimum atomic E-state index is 0.150. The van der Waals surface area contributed by atoms with Crippen molar-refractivity contribution >= 4 is 29.3 Å². The molecule has 3 rings (SSSR count). The van der Waals surface area contributed by atoms with Crippen molar-refractivity contribution in [1.82, 2.24) is 19.7 Å². The Morgan fingerprint density at radius 2 is 2.36 bits per heavy atom. The smallest absolute Gasteiger partial charge is 0.233 e. The summed E-state index contributed by atoms with van der Waals surface area (Å²) < 4.78 is 1.82. The normalized spacial score (nSPS) is 17.9. The largest absolute Gasteiger partial charge is 0.341 e.